The molecular weight excluding hydrogens is 629 g/mol. The smallest absolute Gasteiger partial charge is 0.123 e. The van der Waals surface area contributed by atoms with Crippen LogP contribution >= 0.6 is 0 Å². The fourth-order valence-corrected chi connectivity index (χ4v) is 8.91. The lowest BCUT2D eigenvalue weighted by Gasteiger charge is -2.34. The second-order valence-corrected chi connectivity index (χ2v) is 19.3. The molecule has 0 fully saturated rings. The maximum absolute atomic E-state index is 12.0. The minimum absolute atomic E-state index is 0.0635. The van der Waals surface area contributed by atoms with Gasteiger partial charge in [0.25, 0.3) is 0 Å². The first-order valence-corrected chi connectivity index (χ1v) is 23.8. The van der Waals surface area contributed by atoms with Crippen molar-refractivity contribution in [3.8, 4) is 5.75 Å². The Bertz CT molecular complexity index is 897. The highest BCUT2D eigenvalue weighted by molar-refractivity contribution is 5.59. The normalized spacial score (nSPS) is 12.3. The quantitative estimate of drug-likeness (QED) is 0.0702. The zero-order valence-corrected chi connectivity index (χ0v) is 37.5. The van der Waals surface area contributed by atoms with Crippen molar-refractivity contribution in [2.45, 2.75) is 291 Å². The van der Waals surface area contributed by atoms with Gasteiger partial charge in [-0.3, -0.25) is 0 Å². The Balaban J connectivity index is 2.50. The molecule has 1 N–H and O–H groups in total. The van der Waals surface area contributed by atoms with Gasteiger partial charge in [-0.05, 0) is 60.1 Å². The summed E-state index contributed by atoms with van der Waals surface area (Å²) in [5.41, 5.74) is 6.76. The largest absolute Gasteiger partial charge is 0.507 e. The van der Waals surface area contributed by atoms with E-state index in [4.69, 9.17) is 0 Å². The van der Waals surface area contributed by atoms with Gasteiger partial charge >= 0.3 is 0 Å². The van der Waals surface area contributed by atoms with Gasteiger partial charge in [0.05, 0.1) is 0 Å². The number of phenols is 1. The summed E-state index contributed by atoms with van der Waals surface area (Å²) in [6.07, 6.45) is 47.3. The van der Waals surface area contributed by atoms with Crippen LogP contribution in [0.5, 0.6) is 5.75 Å². The zero-order valence-electron chi connectivity index (χ0n) is 37.5. The Kier molecular flexibility index (Phi) is 28.5. The van der Waals surface area contributed by atoms with Gasteiger partial charge in [-0.1, -0.05) is 248 Å². The molecule has 1 heteroatoms. The second-order valence-electron chi connectivity index (χ2n) is 19.3. The fourth-order valence-electron chi connectivity index (χ4n) is 8.91. The molecule has 0 aliphatic heterocycles. The third kappa shape index (κ3) is 22.4. The summed E-state index contributed by atoms with van der Waals surface area (Å²) < 4.78 is 0. The molecule has 0 radical (unpaired) electrons. The summed E-state index contributed by atoms with van der Waals surface area (Å²) in [5, 5.41) is 12.0. The Morgan fingerprint density at radius 3 is 0.712 bits per heavy atom. The molecule has 1 aromatic carbocycles. The fraction of sp³-hybridized carbons (Fsp3) is 0.882. The van der Waals surface area contributed by atoms with Gasteiger partial charge in [0.2, 0.25) is 0 Å². The van der Waals surface area contributed by atoms with Crippen LogP contribution in [-0.4, -0.2) is 5.11 Å². The van der Waals surface area contributed by atoms with Gasteiger partial charge in [-0.15, -0.1) is 0 Å². The molecule has 0 atom stereocenters. The predicted octanol–water partition coefficient (Wildman–Crippen LogP) is 17.9. The number of phenolic OH excluding ortho intramolecular Hbond substituents is 1. The number of unbranched alkanes of at least 4 members (excludes halogenated alkanes) is 30. The third-order valence-electron chi connectivity index (χ3n) is 12.0. The van der Waals surface area contributed by atoms with Crippen molar-refractivity contribution in [1.29, 1.82) is 0 Å². The van der Waals surface area contributed by atoms with E-state index in [1.165, 1.54) is 233 Å². The molecule has 1 aromatic rings. The maximum atomic E-state index is 12.0. The molecule has 0 aromatic heterocycles. The Labute approximate surface area is 329 Å². The number of aromatic hydroxyl groups is 1. The molecule has 0 heterocycles. The molecule has 0 aliphatic carbocycles. The summed E-state index contributed by atoms with van der Waals surface area (Å²) in [6.45, 7) is 20.8. The third-order valence-corrected chi connectivity index (χ3v) is 12.0. The first-order valence-electron chi connectivity index (χ1n) is 23.8. The number of benzene rings is 1. The van der Waals surface area contributed by atoms with Crippen molar-refractivity contribution in [1.82, 2.24) is 0 Å². The van der Waals surface area contributed by atoms with Crippen LogP contribution in [0.1, 0.15) is 289 Å². The molecule has 0 unspecified atom stereocenters. The molecular formula is C51H96O. The maximum Gasteiger partial charge on any atom is 0.123 e. The van der Waals surface area contributed by atoms with Crippen LogP contribution in [0.25, 0.3) is 0 Å². The van der Waals surface area contributed by atoms with Crippen molar-refractivity contribution in [3.63, 3.8) is 0 Å². The average molecular weight is 725 g/mol. The second kappa shape index (κ2) is 30.3. The van der Waals surface area contributed by atoms with Crippen LogP contribution in [0, 0.1) is 6.92 Å². The number of rotatable bonds is 34. The van der Waals surface area contributed by atoms with Crippen LogP contribution in [0.2, 0.25) is 0 Å². The van der Waals surface area contributed by atoms with Crippen molar-refractivity contribution in [2.24, 2.45) is 0 Å². The summed E-state index contributed by atoms with van der Waals surface area (Å²) in [7, 11) is 0. The molecule has 0 bridgehead atoms. The van der Waals surface area contributed by atoms with Gasteiger partial charge in [0, 0.05) is 11.1 Å². The minimum atomic E-state index is -0.0635. The Morgan fingerprint density at radius 1 is 0.327 bits per heavy atom. The van der Waals surface area contributed by atoms with Crippen molar-refractivity contribution >= 4 is 0 Å². The molecule has 0 amide bonds. The van der Waals surface area contributed by atoms with Crippen LogP contribution in [-0.2, 0) is 23.7 Å². The van der Waals surface area contributed by atoms with Crippen LogP contribution < -0.4 is 0 Å². The molecule has 306 valence electrons. The first kappa shape index (κ1) is 49.0. The topological polar surface area (TPSA) is 20.2 Å². The Morgan fingerprint density at radius 2 is 0.519 bits per heavy atom. The predicted molar refractivity (Wildman–Crippen MR) is 237 cm³/mol. The zero-order chi connectivity index (χ0) is 38.5. The Hall–Kier alpha value is -0.980. The van der Waals surface area contributed by atoms with Gasteiger partial charge in [-0.25, -0.2) is 0 Å². The van der Waals surface area contributed by atoms with E-state index in [-0.39, 0.29) is 10.8 Å². The molecule has 0 saturated carbocycles. The van der Waals surface area contributed by atoms with Crippen molar-refractivity contribution in [3.05, 3.63) is 27.8 Å². The van der Waals surface area contributed by atoms with Crippen LogP contribution in [0.15, 0.2) is 0 Å². The van der Waals surface area contributed by atoms with E-state index in [0.29, 0.717) is 5.75 Å². The van der Waals surface area contributed by atoms with Crippen molar-refractivity contribution in [2.75, 3.05) is 0 Å². The number of hydrogen-bond acceptors (Lipinski definition) is 1. The lowest BCUT2D eigenvalue weighted by molar-refractivity contribution is 0.417. The molecule has 1 nitrogen and oxygen atoms in total. The monoisotopic (exact) mass is 725 g/mol. The summed E-state index contributed by atoms with van der Waals surface area (Å²) >= 11 is 0. The van der Waals surface area contributed by atoms with Gasteiger partial charge in [-0.2, -0.15) is 0 Å². The van der Waals surface area contributed by atoms with E-state index in [2.05, 4.69) is 62.3 Å². The summed E-state index contributed by atoms with van der Waals surface area (Å²) in [5.74, 6) is 0.614. The molecule has 0 aliphatic rings. The summed E-state index contributed by atoms with van der Waals surface area (Å²) in [6, 6.07) is 0. The van der Waals surface area contributed by atoms with E-state index in [0.717, 1.165) is 12.8 Å². The van der Waals surface area contributed by atoms with Gasteiger partial charge < -0.3 is 5.11 Å². The SMILES string of the molecule is CCCCCCCCCCCCCCCCCCc1c(C)c(CCCCCCCCCCCCCCCCCC)c(C(C)(C)C)c(O)c1C(C)(C)C. The highest BCUT2D eigenvalue weighted by atomic mass is 16.3. The van der Waals surface area contributed by atoms with E-state index >= 15 is 0 Å². The van der Waals surface area contributed by atoms with Gasteiger partial charge in [0.1, 0.15) is 5.75 Å². The summed E-state index contributed by atoms with van der Waals surface area (Å²) in [4.78, 5) is 0. The van der Waals surface area contributed by atoms with Crippen molar-refractivity contribution < 1.29 is 5.11 Å². The molecule has 0 spiro atoms. The molecule has 52 heavy (non-hydrogen) atoms. The van der Waals surface area contributed by atoms with Crippen LogP contribution in [0.3, 0.4) is 0 Å². The average Bonchev–Trinajstić information content (AvgIpc) is 3.08. The standard InChI is InChI=1S/C51H96O/c1-10-12-14-16-18-20-22-24-26-28-30-32-34-36-38-40-42-45-44(3)46(48(51(7,8)9)49(52)47(45)50(4,5)6)43-41-39-37-35-33-31-29-27-25-23-21-19-17-15-13-11-2/h52H,10-43H2,1-9H3. The lowest BCUT2D eigenvalue weighted by Crippen LogP contribution is -2.23. The van der Waals surface area contributed by atoms with E-state index in [1.807, 2.05) is 0 Å². The lowest BCUT2D eigenvalue weighted by atomic mass is 9.71. The highest BCUT2D eigenvalue weighted by Crippen LogP contribution is 2.46. The number of hydrogen-bond donors (Lipinski definition) is 1. The molecule has 1 rings (SSSR count). The van der Waals surface area contributed by atoms with E-state index in [9.17, 15) is 5.11 Å². The van der Waals surface area contributed by atoms with Gasteiger partial charge in [0.15, 0.2) is 0 Å². The first-order chi connectivity index (χ1) is 25.0. The van der Waals surface area contributed by atoms with E-state index < -0.39 is 0 Å². The van der Waals surface area contributed by atoms with Crippen LogP contribution in [0.4, 0.5) is 0 Å². The minimum Gasteiger partial charge on any atom is -0.507 e. The van der Waals surface area contributed by atoms with E-state index in [1.54, 1.807) is 0 Å². The molecule has 0 saturated heterocycles. The highest BCUT2D eigenvalue weighted by Gasteiger charge is 2.32.